The van der Waals surface area contributed by atoms with Gasteiger partial charge in [-0.15, -0.1) is 34.2 Å². The molecule has 0 aliphatic rings. The standard InChI is InChI=1S/C18H23N7.HI/c1-19-18(24(3)13-16-10-7-11-23(16)2)20-12-17-22-21-14-25(17)15-8-5-4-6-9-15;/h4-11,14H,12-13H2,1-3H3,(H,19,20);1H. The largest absolute Gasteiger partial charge is 0.353 e. The number of nitrogens with zero attached hydrogens (tertiary/aromatic N) is 6. The highest BCUT2D eigenvalue weighted by molar-refractivity contribution is 14.0. The minimum Gasteiger partial charge on any atom is -0.353 e. The monoisotopic (exact) mass is 465 g/mol. The minimum absolute atomic E-state index is 0. The predicted molar refractivity (Wildman–Crippen MR) is 114 cm³/mol. The van der Waals surface area contributed by atoms with Gasteiger partial charge in [0, 0.05) is 38.7 Å². The van der Waals surface area contributed by atoms with Crippen LogP contribution in [0.25, 0.3) is 5.69 Å². The molecule has 0 fully saturated rings. The average molecular weight is 465 g/mol. The van der Waals surface area contributed by atoms with Crippen LogP contribution in [0.3, 0.4) is 0 Å². The van der Waals surface area contributed by atoms with Gasteiger partial charge < -0.3 is 14.8 Å². The van der Waals surface area contributed by atoms with E-state index in [0.29, 0.717) is 6.54 Å². The number of rotatable bonds is 5. The van der Waals surface area contributed by atoms with E-state index >= 15 is 0 Å². The fraction of sp³-hybridized carbons (Fsp3) is 0.278. The number of benzene rings is 1. The van der Waals surface area contributed by atoms with Crippen LogP contribution in [0, 0.1) is 0 Å². The lowest BCUT2D eigenvalue weighted by atomic mass is 10.3. The average Bonchev–Trinajstić information content (AvgIpc) is 3.26. The van der Waals surface area contributed by atoms with Gasteiger partial charge in [0.15, 0.2) is 11.8 Å². The van der Waals surface area contributed by atoms with Gasteiger partial charge in [0.25, 0.3) is 0 Å². The van der Waals surface area contributed by atoms with Gasteiger partial charge in [-0.2, -0.15) is 0 Å². The van der Waals surface area contributed by atoms with Crippen LogP contribution in [-0.4, -0.2) is 44.3 Å². The van der Waals surface area contributed by atoms with E-state index in [0.717, 1.165) is 24.0 Å². The van der Waals surface area contributed by atoms with E-state index < -0.39 is 0 Å². The molecule has 7 nitrogen and oxygen atoms in total. The van der Waals surface area contributed by atoms with Gasteiger partial charge in [0.2, 0.25) is 0 Å². The molecule has 2 aromatic heterocycles. The first-order valence-electron chi connectivity index (χ1n) is 8.15. The van der Waals surface area contributed by atoms with Crippen molar-refractivity contribution in [3.63, 3.8) is 0 Å². The van der Waals surface area contributed by atoms with Crippen molar-refractivity contribution >= 4 is 29.9 Å². The molecule has 3 aromatic rings. The molecule has 26 heavy (non-hydrogen) atoms. The van der Waals surface area contributed by atoms with E-state index in [1.54, 1.807) is 13.4 Å². The third-order valence-corrected chi connectivity index (χ3v) is 4.08. The van der Waals surface area contributed by atoms with Crippen LogP contribution in [-0.2, 0) is 20.1 Å². The molecule has 8 heteroatoms. The number of hydrogen-bond donors (Lipinski definition) is 1. The van der Waals surface area contributed by atoms with Crippen molar-refractivity contribution in [1.29, 1.82) is 0 Å². The van der Waals surface area contributed by atoms with Crippen molar-refractivity contribution in [1.82, 2.24) is 29.5 Å². The molecule has 0 atom stereocenters. The maximum Gasteiger partial charge on any atom is 0.194 e. The number of para-hydroxylation sites is 1. The van der Waals surface area contributed by atoms with Crippen molar-refractivity contribution < 1.29 is 0 Å². The van der Waals surface area contributed by atoms with E-state index in [9.17, 15) is 0 Å². The zero-order valence-electron chi connectivity index (χ0n) is 15.2. The molecule has 2 heterocycles. The van der Waals surface area contributed by atoms with Crippen LogP contribution in [0.4, 0.5) is 0 Å². The Labute approximate surface area is 170 Å². The maximum absolute atomic E-state index is 4.36. The fourth-order valence-corrected chi connectivity index (χ4v) is 2.71. The van der Waals surface area contributed by atoms with Crippen LogP contribution in [0.5, 0.6) is 0 Å². The summed E-state index contributed by atoms with van der Waals surface area (Å²) < 4.78 is 4.08. The summed E-state index contributed by atoms with van der Waals surface area (Å²) in [6, 6.07) is 14.2. The topological polar surface area (TPSA) is 63.3 Å². The summed E-state index contributed by atoms with van der Waals surface area (Å²) in [5.74, 6) is 1.64. The van der Waals surface area contributed by atoms with E-state index in [1.807, 2.05) is 61.3 Å². The lowest BCUT2D eigenvalue weighted by Crippen LogP contribution is -2.38. The molecule has 0 aliphatic carbocycles. The molecule has 0 spiro atoms. The lowest BCUT2D eigenvalue weighted by Gasteiger charge is -2.22. The third kappa shape index (κ3) is 4.63. The second-order valence-corrected chi connectivity index (χ2v) is 5.82. The summed E-state index contributed by atoms with van der Waals surface area (Å²) >= 11 is 0. The predicted octanol–water partition coefficient (Wildman–Crippen LogP) is 2.43. The number of aliphatic imine (C=N–C) groups is 1. The van der Waals surface area contributed by atoms with Crippen molar-refractivity contribution in [3.8, 4) is 5.69 Å². The van der Waals surface area contributed by atoms with Crippen molar-refractivity contribution in [3.05, 3.63) is 66.5 Å². The Kier molecular flexibility index (Phi) is 7.19. The van der Waals surface area contributed by atoms with Gasteiger partial charge in [0.05, 0.1) is 13.1 Å². The lowest BCUT2D eigenvalue weighted by molar-refractivity contribution is 0.460. The first kappa shape index (κ1) is 20.0. The Morgan fingerprint density at radius 1 is 1.19 bits per heavy atom. The highest BCUT2D eigenvalue weighted by Crippen LogP contribution is 2.09. The first-order chi connectivity index (χ1) is 12.2. The van der Waals surface area contributed by atoms with Gasteiger partial charge in [-0.3, -0.25) is 9.56 Å². The van der Waals surface area contributed by atoms with Crippen LogP contribution in [0.2, 0.25) is 0 Å². The van der Waals surface area contributed by atoms with Crippen LogP contribution in [0.15, 0.2) is 60.0 Å². The van der Waals surface area contributed by atoms with Gasteiger partial charge >= 0.3 is 0 Å². The second-order valence-electron chi connectivity index (χ2n) is 5.82. The van der Waals surface area contributed by atoms with E-state index in [1.165, 1.54) is 5.69 Å². The number of aryl methyl sites for hydroxylation is 1. The summed E-state index contributed by atoms with van der Waals surface area (Å²) in [5.41, 5.74) is 2.26. The van der Waals surface area contributed by atoms with Gasteiger partial charge in [-0.25, -0.2) is 0 Å². The first-order valence-corrected chi connectivity index (χ1v) is 8.15. The fourth-order valence-electron chi connectivity index (χ4n) is 2.71. The molecular formula is C18H24IN7. The zero-order chi connectivity index (χ0) is 17.6. The molecule has 0 amide bonds. The SMILES string of the molecule is CN=C(NCc1nncn1-c1ccccc1)N(C)Cc1cccn1C.I. The molecule has 0 unspecified atom stereocenters. The Morgan fingerprint density at radius 2 is 1.96 bits per heavy atom. The molecule has 0 aliphatic heterocycles. The highest BCUT2D eigenvalue weighted by Gasteiger charge is 2.11. The Balaban J connectivity index is 0.00000243. The molecule has 0 bridgehead atoms. The molecule has 1 N–H and O–H groups in total. The van der Waals surface area contributed by atoms with E-state index in [4.69, 9.17) is 0 Å². The minimum atomic E-state index is 0. The summed E-state index contributed by atoms with van der Waals surface area (Å²) in [4.78, 5) is 6.45. The summed E-state index contributed by atoms with van der Waals surface area (Å²) in [6.07, 6.45) is 3.77. The Bertz CT molecular complexity index is 838. The van der Waals surface area contributed by atoms with E-state index in [2.05, 4.69) is 36.0 Å². The summed E-state index contributed by atoms with van der Waals surface area (Å²) in [6.45, 7) is 1.31. The van der Waals surface area contributed by atoms with E-state index in [-0.39, 0.29) is 24.0 Å². The maximum atomic E-state index is 4.36. The Hall–Kier alpha value is -2.36. The zero-order valence-corrected chi connectivity index (χ0v) is 17.5. The van der Waals surface area contributed by atoms with Crippen LogP contribution < -0.4 is 5.32 Å². The Morgan fingerprint density at radius 3 is 2.62 bits per heavy atom. The van der Waals surface area contributed by atoms with Crippen LogP contribution in [0.1, 0.15) is 11.5 Å². The molecule has 1 aromatic carbocycles. The summed E-state index contributed by atoms with van der Waals surface area (Å²) in [7, 11) is 5.84. The number of guanidine groups is 1. The normalized spacial score (nSPS) is 11.1. The van der Waals surface area contributed by atoms with Crippen molar-refractivity contribution in [2.45, 2.75) is 13.1 Å². The molecule has 0 radical (unpaired) electrons. The molecule has 138 valence electrons. The number of nitrogens with one attached hydrogen (secondary N) is 1. The highest BCUT2D eigenvalue weighted by atomic mass is 127. The van der Waals surface area contributed by atoms with Crippen LogP contribution >= 0.6 is 24.0 Å². The number of halogens is 1. The molecule has 3 rings (SSSR count). The van der Waals surface area contributed by atoms with Gasteiger partial charge in [0.1, 0.15) is 6.33 Å². The molecule has 0 saturated heterocycles. The molecular weight excluding hydrogens is 441 g/mol. The van der Waals surface area contributed by atoms with Gasteiger partial charge in [-0.05, 0) is 24.3 Å². The van der Waals surface area contributed by atoms with Crippen molar-refractivity contribution in [2.24, 2.45) is 12.0 Å². The third-order valence-electron chi connectivity index (χ3n) is 4.08. The molecule has 0 saturated carbocycles. The quantitative estimate of drug-likeness (QED) is 0.357. The van der Waals surface area contributed by atoms with Crippen molar-refractivity contribution in [2.75, 3.05) is 14.1 Å². The second kappa shape index (κ2) is 9.37. The number of aromatic nitrogens is 4. The van der Waals surface area contributed by atoms with Gasteiger partial charge in [-0.1, -0.05) is 18.2 Å². The smallest absolute Gasteiger partial charge is 0.194 e. The summed E-state index contributed by atoms with van der Waals surface area (Å²) in [5, 5.41) is 11.6. The number of hydrogen-bond acceptors (Lipinski definition) is 3.